The monoisotopic (exact) mass is 336 g/mol. The van der Waals surface area contributed by atoms with Crippen LogP contribution in [-0.4, -0.2) is 25.0 Å². The van der Waals surface area contributed by atoms with Crippen LogP contribution in [0.2, 0.25) is 0 Å². The Labute approximate surface area is 147 Å². The van der Waals surface area contributed by atoms with Crippen LogP contribution in [0, 0.1) is 17.2 Å². The number of nitriles is 1. The largest absolute Gasteiger partial charge is 0.467 e. The van der Waals surface area contributed by atoms with E-state index in [-0.39, 0.29) is 18.2 Å². The van der Waals surface area contributed by atoms with Crippen molar-refractivity contribution in [2.24, 2.45) is 5.92 Å². The Morgan fingerprint density at radius 3 is 2.24 bits per heavy atom. The lowest BCUT2D eigenvalue weighted by Gasteiger charge is -2.17. The summed E-state index contributed by atoms with van der Waals surface area (Å²) in [5.41, 5.74) is 2.50. The number of amides is 1. The van der Waals surface area contributed by atoms with E-state index in [4.69, 9.17) is 10.00 Å². The molecule has 1 amide bonds. The van der Waals surface area contributed by atoms with Gasteiger partial charge in [0.2, 0.25) is 0 Å². The maximum atomic E-state index is 12.4. The maximum absolute atomic E-state index is 12.4. The number of methoxy groups -OCH3 is 1. The molecule has 25 heavy (non-hydrogen) atoms. The van der Waals surface area contributed by atoms with Gasteiger partial charge < -0.3 is 10.1 Å². The third-order valence-electron chi connectivity index (χ3n) is 3.85. The summed E-state index contributed by atoms with van der Waals surface area (Å²) in [5, 5.41) is 11.6. The quantitative estimate of drug-likeness (QED) is 0.822. The van der Waals surface area contributed by atoms with Gasteiger partial charge >= 0.3 is 5.97 Å². The highest BCUT2D eigenvalue weighted by molar-refractivity contribution is 5.97. The molecule has 0 aromatic heterocycles. The van der Waals surface area contributed by atoms with Crippen molar-refractivity contribution in [1.82, 2.24) is 5.32 Å². The molecular formula is C20H20N2O3. The van der Waals surface area contributed by atoms with Crippen molar-refractivity contribution in [1.29, 1.82) is 5.26 Å². The van der Waals surface area contributed by atoms with Gasteiger partial charge in [-0.05, 0) is 36.6 Å². The van der Waals surface area contributed by atoms with E-state index in [1.807, 2.05) is 42.5 Å². The summed E-state index contributed by atoms with van der Waals surface area (Å²) in [5.74, 6) is -1.30. The van der Waals surface area contributed by atoms with Crippen molar-refractivity contribution >= 4 is 11.9 Å². The Kier molecular flexibility index (Phi) is 6.30. The van der Waals surface area contributed by atoms with Crippen molar-refractivity contribution < 1.29 is 14.3 Å². The highest BCUT2D eigenvalue weighted by Gasteiger charge is 2.24. The molecule has 5 heteroatoms. The predicted octanol–water partition coefficient (Wildman–Crippen LogP) is 3.17. The number of hydrogen-bond donors (Lipinski definition) is 1. The zero-order valence-electron chi connectivity index (χ0n) is 14.2. The van der Waals surface area contributed by atoms with Crippen LogP contribution in [0.25, 0.3) is 11.1 Å². The zero-order valence-corrected chi connectivity index (χ0v) is 14.2. The number of rotatable bonds is 6. The molecule has 0 spiro atoms. The van der Waals surface area contributed by atoms with Crippen molar-refractivity contribution in [3.8, 4) is 17.2 Å². The second kappa shape index (κ2) is 8.65. The molecule has 0 aliphatic heterocycles. The van der Waals surface area contributed by atoms with Crippen LogP contribution < -0.4 is 5.32 Å². The number of hydrogen-bond acceptors (Lipinski definition) is 4. The van der Waals surface area contributed by atoms with Gasteiger partial charge in [-0.15, -0.1) is 0 Å². The second-order valence-electron chi connectivity index (χ2n) is 5.76. The Morgan fingerprint density at radius 1 is 1.08 bits per heavy atom. The van der Waals surface area contributed by atoms with E-state index in [1.54, 1.807) is 19.1 Å². The van der Waals surface area contributed by atoms with E-state index in [0.29, 0.717) is 5.56 Å². The van der Waals surface area contributed by atoms with Crippen LogP contribution in [0.4, 0.5) is 0 Å². The van der Waals surface area contributed by atoms with Gasteiger partial charge in [-0.3, -0.25) is 4.79 Å². The van der Waals surface area contributed by atoms with E-state index >= 15 is 0 Å². The van der Waals surface area contributed by atoms with E-state index < -0.39 is 12.0 Å². The average Bonchev–Trinajstić information content (AvgIpc) is 2.67. The van der Waals surface area contributed by atoms with Gasteiger partial charge in [0.1, 0.15) is 6.04 Å². The lowest BCUT2D eigenvalue weighted by atomic mass is 10.0. The van der Waals surface area contributed by atoms with Crippen LogP contribution in [0.3, 0.4) is 0 Å². The van der Waals surface area contributed by atoms with Crippen LogP contribution in [0.15, 0.2) is 54.6 Å². The fourth-order valence-corrected chi connectivity index (χ4v) is 2.45. The standard InChI is InChI=1S/C20H20N2O3/c1-14(13-21)12-18(20(24)25-2)22-19(23)17-10-8-16(9-11-17)15-6-4-3-5-7-15/h3-11,14,18H,12H2,1-2H3,(H,22,23)/t14-,18-/m0/s1. The summed E-state index contributed by atoms with van der Waals surface area (Å²) < 4.78 is 4.71. The zero-order chi connectivity index (χ0) is 18.2. The third-order valence-corrected chi connectivity index (χ3v) is 3.85. The molecule has 2 aromatic carbocycles. The van der Waals surface area contributed by atoms with Crippen LogP contribution in [-0.2, 0) is 9.53 Å². The molecule has 0 heterocycles. The Balaban J connectivity index is 2.11. The Morgan fingerprint density at radius 2 is 1.68 bits per heavy atom. The molecule has 2 atom stereocenters. The number of carbonyl (C=O) groups excluding carboxylic acids is 2. The number of nitrogens with one attached hydrogen (secondary N) is 1. The van der Waals surface area contributed by atoms with Crippen molar-refractivity contribution in [3.63, 3.8) is 0 Å². The van der Waals surface area contributed by atoms with E-state index in [1.165, 1.54) is 7.11 Å². The third kappa shape index (κ3) is 4.92. The molecule has 128 valence electrons. The average molecular weight is 336 g/mol. The van der Waals surface area contributed by atoms with Gasteiger partial charge in [0.05, 0.1) is 13.2 Å². The van der Waals surface area contributed by atoms with E-state index in [2.05, 4.69) is 11.4 Å². The smallest absolute Gasteiger partial charge is 0.328 e. The summed E-state index contributed by atoms with van der Waals surface area (Å²) in [7, 11) is 1.26. The first-order chi connectivity index (χ1) is 12.0. The van der Waals surface area contributed by atoms with E-state index in [9.17, 15) is 9.59 Å². The number of ether oxygens (including phenoxy) is 1. The van der Waals surface area contributed by atoms with Crippen molar-refractivity contribution in [3.05, 3.63) is 60.2 Å². The molecule has 2 rings (SSSR count). The molecule has 5 nitrogen and oxygen atoms in total. The topological polar surface area (TPSA) is 79.2 Å². The summed E-state index contributed by atoms with van der Waals surface area (Å²) >= 11 is 0. The molecule has 0 fully saturated rings. The summed E-state index contributed by atoms with van der Waals surface area (Å²) in [6.07, 6.45) is 0.205. The fraction of sp³-hybridized carbons (Fsp3) is 0.250. The Bertz CT molecular complexity index is 764. The summed E-state index contributed by atoms with van der Waals surface area (Å²) in [4.78, 5) is 24.2. The first-order valence-corrected chi connectivity index (χ1v) is 7.99. The SMILES string of the molecule is COC(=O)[C@H](C[C@H](C)C#N)NC(=O)c1ccc(-c2ccccc2)cc1. The summed E-state index contributed by atoms with van der Waals surface area (Å²) in [6.45, 7) is 1.69. The van der Waals surface area contributed by atoms with Gasteiger partial charge in [-0.2, -0.15) is 5.26 Å². The second-order valence-corrected chi connectivity index (χ2v) is 5.76. The number of carbonyl (C=O) groups is 2. The Hall–Kier alpha value is -3.13. The molecule has 0 saturated heterocycles. The molecular weight excluding hydrogens is 316 g/mol. The molecule has 0 aliphatic rings. The molecule has 2 aromatic rings. The fourth-order valence-electron chi connectivity index (χ4n) is 2.45. The van der Waals surface area contributed by atoms with Gasteiger partial charge in [0.25, 0.3) is 5.91 Å². The lowest BCUT2D eigenvalue weighted by Crippen LogP contribution is -2.42. The molecule has 0 unspecified atom stereocenters. The minimum Gasteiger partial charge on any atom is -0.467 e. The first-order valence-electron chi connectivity index (χ1n) is 7.99. The maximum Gasteiger partial charge on any atom is 0.328 e. The van der Waals surface area contributed by atoms with Crippen LogP contribution in [0.1, 0.15) is 23.7 Å². The van der Waals surface area contributed by atoms with Crippen molar-refractivity contribution in [2.45, 2.75) is 19.4 Å². The number of nitrogens with zero attached hydrogens (tertiary/aromatic N) is 1. The lowest BCUT2D eigenvalue weighted by molar-refractivity contribution is -0.143. The van der Waals surface area contributed by atoms with Crippen LogP contribution in [0.5, 0.6) is 0 Å². The van der Waals surface area contributed by atoms with Crippen LogP contribution >= 0.6 is 0 Å². The van der Waals surface area contributed by atoms with E-state index in [0.717, 1.165) is 11.1 Å². The molecule has 1 N–H and O–H groups in total. The number of benzene rings is 2. The highest BCUT2D eigenvalue weighted by atomic mass is 16.5. The minimum atomic E-state index is -0.846. The van der Waals surface area contributed by atoms with Gasteiger partial charge in [-0.25, -0.2) is 4.79 Å². The minimum absolute atomic E-state index is 0.205. The normalized spacial score (nSPS) is 12.5. The molecule has 0 aliphatic carbocycles. The van der Waals surface area contributed by atoms with Crippen molar-refractivity contribution in [2.75, 3.05) is 7.11 Å². The van der Waals surface area contributed by atoms with Gasteiger partial charge in [-0.1, -0.05) is 42.5 Å². The van der Waals surface area contributed by atoms with Gasteiger partial charge in [0, 0.05) is 11.5 Å². The number of esters is 1. The predicted molar refractivity (Wildman–Crippen MR) is 94.5 cm³/mol. The molecule has 0 saturated carbocycles. The highest BCUT2D eigenvalue weighted by Crippen LogP contribution is 2.19. The molecule has 0 radical (unpaired) electrons. The van der Waals surface area contributed by atoms with Gasteiger partial charge in [0.15, 0.2) is 0 Å². The first kappa shape index (κ1) is 18.2. The molecule has 0 bridgehead atoms. The summed E-state index contributed by atoms with van der Waals surface area (Å²) in [6, 6.07) is 18.2.